The van der Waals surface area contributed by atoms with E-state index in [0.29, 0.717) is 12.4 Å². The Balaban J connectivity index is 2.07. The van der Waals surface area contributed by atoms with E-state index in [0.717, 1.165) is 11.3 Å². The van der Waals surface area contributed by atoms with Gasteiger partial charge in [0, 0.05) is 24.8 Å². The summed E-state index contributed by atoms with van der Waals surface area (Å²) in [6.07, 6.45) is 1.68. The van der Waals surface area contributed by atoms with Crippen LogP contribution in [0.1, 0.15) is 5.56 Å². The van der Waals surface area contributed by atoms with Crippen molar-refractivity contribution < 1.29 is 8.42 Å². The molecule has 0 spiro atoms. The summed E-state index contributed by atoms with van der Waals surface area (Å²) in [5, 5.41) is 12.2. The first kappa shape index (κ1) is 13.4. The van der Waals surface area contributed by atoms with Crippen molar-refractivity contribution in [1.82, 2.24) is 9.78 Å². The molecule has 0 aliphatic carbocycles. The number of nitrogen functional groups attached to an aromatic ring is 1. The Kier molecular flexibility index (Phi) is 3.45. The Morgan fingerprint density at radius 2 is 1.95 bits per heavy atom. The van der Waals surface area contributed by atoms with Gasteiger partial charge in [0.15, 0.2) is 0 Å². The Labute approximate surface area is 111 Å². The molecule has 1 heterocycles. The summed E-state index contributed by atoms with van der Waals surface area (Å²) in [6, 6.07) is 6.19. The molecular weight excluding hydrogens is 266 g/mol. The lowest BCUT2D eigenvalue weighted by molar-refractivity contribution is 0.598. The molecule has 0 aliphatic rings. The average Bonchev–Trinajstić information content (AvgIpc) is 2.67. The van der Waals surface area contributed by atoms with Crippen molar-refractivity contribution in [3.05, 3.63) is 36.0 Å². The summed E-state index contributed by atoms with van der Waals surface area (Å²) < 4.78 is 23.8. The predicted octanol–water partition coefficient (Wildman–Crippen LogP) is 0.262. The van der Waals surface area contributed by atoms with Crippen molar-refractivity contribution in [2.45, 2.75) is 11.4 Å². The first-order valence-corrected chi connectivity index (χ1v) is 7.05. The minimum atomic E-state index is -3.65. The van der Waals surface area contributed by atoms with Crippen LogP contribution in [-0.2, 0) is 23.6 Å². The molecule has 0 saturated carbocycles. The molecule has 0 bridgehead atoms. The van der Waals surface area contributed by atoms with Crippen LogP contribution in [0.2, 0.25) is 0 Å². The highest BCUT2D eigenvalue weighted by molar-refractivity contribution is 7.89. The van der Waals surface area contributed by atoms with Gasteiger partial charge in [-0.05, 0) is 24.3 Å². The highest BCUT2D eigenvalue weighted by atomic mass is 32.2. The van der Waals surface area contributed by atoms with Gasteiger partial charge >= 0.3 is 0 Å². The summed E-state index contributed by atoms with van der Waals surface area (Å²) in [5.41, 5.74) is 7.46. The van der Waals surface area contributed by atoms with Gasteiger partial charge in [0.25, 0.3) is 0 Å². The molecule has 102 valence electrons. The lowest BCUT2D eigenvalue weighted by Gasteiger charge is -2.06. The number of aromatic nitrogens is 2. The van der Waals surface area contributed by atoms with E-state index in [2.05, 4.69) is 10.4 Å². The van der Waals surface area contributed by atoms with E-state index in [1.807, 2.05) is 0 Å². The maximum absolute atomic E-state index is 11.1. The second kappa shape index (κ2) is 4.90. The van der Waals surface area contributed by atoms with Crippen LogP contribution < -0.4 is 16.2 Å². The summed E-state index contributed by atoms with van der Waals surface area (Å²) in [5.74, 6) is 0.591. The van der Waals surface area contributed by atoms with Crippen LogP contribution in [-0.4, -0.2) is 18.2 Å². The summed E-state index contributed by atoms with van der Waals surface area (Å²) in [7, 11) is -1.89. The van der Waals surface area contributed by atoms with Crippen LogP contribution >= 0.6 is 0 Å². The molecule has 2 aromatic rings. The van der Waals surface area contributed by atoms with Gasteiger partial charge in [0.1, 0.15) is 5.82 Å². The van der Waals surface area contributed by atoms with Gasteiger partial charge in [-0.1, -0.05) is 0 Å². The molecule has 1 aromatic heterocycles. The SMILES string of the molecule is Cn1ncc(CNc2ccc(S(N)(=O)=O)cc2)c1N. The summed E-state index contributed by atoms with van der Waals surface area (Å²) in [6.45, 7) is 0.508. The molecule has 0 amide bonds. The van der Waals surface area contributed by atoms with Crippen molar-refractivity contribution in [2.75, 3.05) is 11.1 Å². The number of hydrogen-bond acceptors (Lipinski definition) is 5. The van der Waals surface area contributed by atoms with Crippen LogP contribution in [0.4, 0.5) is 11.5 Å². The molecule has 0 atom stereocenters. The van der Waals surface area contributed by atoms with E-state index in [4.69, 9.17) is 10.9 Å². The molecule has 19 heavy (non-hydrogen) atoms. The number of nitrogens with two attached hydrogens (primary N) is 2. The molecule has 0 unspecified atom stereocenters. The van der Waals surface area contributed by atoms with Crippen LogP contribution in [0.3, 0.4) is 0 Å². The molecule has 2 rings (SSSR count). The highest BCUT2D eigenvalue weighted by Crippen LogP contribution is 2.15. The lowest BCUT2D eigenvalue weighted by atomic mass is 10.3. The Morgan fingerprint density at radius 1 is 1.32 bits per heavy atom. The van der Waals surface area contributed by atoms with Gasteiger partial charge in [-0.25, -0.2) is 13.6 Å². The minimum Gasteiger partial charge on any atom is -0.384 e. The van der Waals surface area contributed by atoms with Crippen molar-refractivity contribution in [1.29, 1.82) is 0 Å². The Hall–Kier alpha value is -2.06. The number of benzene rings is 1. The van der Waals surface area contributed by atoms with Crippen molar-refractivity contribution in [3.63, 3.8) is 0 Å². The number of anilines is 2. The molecular formula is C11H15N5O2S. The van der Waals surface area contributed by atoms with E-state index >= 15 is 0 Å². The molecule has 1 aromatic carbocycles. The zero-order valence-corrected chi connectivity index (χ0v) is 11.2. The monoisotopic (exact) mass is 281 g/mol. The van der Waals surface area contributed by atoms with E-state index in [1.165, 1.54) is 12.1 Å². The second-order valence-corrected chi connectivity index (χ2v) is 5.66. The molecule has 0 radical (unpaired) electrons. The fraction of sp³-hybridized carbons (Fsp3) is 0.182. The number of primary sulfonamides is 1. The predicted molar refractivity (Wildman–Crippen MR) is 72.8 cm³/mol. The van der Waals surface area contributed by atoms with E-state index in [1.54, 1.807) is 30.1 Å². The Morgan fingerprint density at radius 3 is 2.42 bits per heavy atom. The second-order valence-electron chi connectivity index (χ2n) is 4.10. The third kappa shape index (κ3) is 3.04. The molecule has 0 saturated heterocycles. The standard InChI is InChI=1S/C11H15N5O2S/c1-16-11(12)8(7-15-16)6-14-9-2-4-10(5-3-9)19(13,17)18/h2-5,7,14H,6,12H2,1H3,(H2,13,17,18). The maximum atomic E-state index is 11.1. The lowest BCUT2D eigenvalue weighted by Crippen LogP contribution is -2.12. The van der Waals surface area contributed by atoms with E-state index < -0.39 is 10.0 Å². The Bertz CT molecular complexity index is 676. The van der Waals surface area contributed by atoms with Crippen LogP contribution in [0.15, 0.2) is 35.4 Å². The largest absolute Gasteiger partial charge is 0.384 e. The van der Waals surface area contributed by atoms with Gasteiger partial charge in [0.05, 0.1) is 11.1 Å². The molecule has 8 heteroatoms. The zero-order valence-electron chi connectivity index (χ0n) is 10.4. The van der Waals surface area contributed by atoms with Gasteiger partial charge in [0.2, 0.25) is 10.0 Å². The fourth-order valence-electron chi connectivity index (χ4n) is 1.59. The molecule has 0 fully saturated rings. The number of nitrogens with zero attached hydrogens (tertiary/aromatic N) is 2. The van der Waals surface area contributed by atoms with Gasteiger partial charge in [-0.2, -0.15) is 5.10 Å². The zero-order chi connectivity index (χ0) is 14.0. The summed E-state index contributed by atoms with van der Waals surface area (Å²) in [4.78, 5) is 0.0824. The number of hydrogen-bond donors (Lipinski definition) is 3. The normalized spacial score (nSPS) is 11.5. The first-order chi connectivity index (χ1) is 8.88. The minimum absolute atomic E-state index is 0.0824. The topological polar surface area (TPSA) is 116 Å². The van der Waals surface area contributed by atoms with Crippen molar-refractivity contribution >= 4 is 21.5 Å². The van der Waals surface area contributed by atoms with Gasteiger partial charge in [-0.15, -0.1) is 0 Å². The van der Waals surface area contributed by atoms with Crippen LogP contribution in [0.5, 0.6) is 0 Å². The molecule has 7 nitrogen and oxygen atoms in total. The van der Waals surface area contributed by atoms with Crippen molar-refractivity contribution in [3.8, 4) is 0 Å². The highest BCUT2D eigenvalue weighted by Gasteiger charge is 2.07. The van der Waals surface area contributed by atoms with Gasteiger partial charge < -0.3 is 11.1 Å². The average molecular weight is 281 g/mol. The van der Waals surface area contributed by atoms with Crippen LogP contribution in [0.25, 0.3) is 0 Å². The molecule has 5 N–H and O–H groups in total. The van der Waals surface area contributed by atoms with E-state index in [9.17, 15) is 8.42 Å². The first-order valence-electron chi connectivity index (χ1n) is 5.51. The van der Waals surface area contributed by atoms with Crippen LogP contribution in [0, 0.1) is 0 Å². The van der Waals surface area contributed by atoms with E-state index in [-0.39, 0.29) is 4.90 Å². The number of aryl methyl sites for hydroxylation is 1. The smallest absolute Gasteiger partial charge is 0.238 e. The number of nitrogens with one attached hydrogen (secondary N) is 1. The quantitative estimate of drug-likeness (QED) is 0.743. The fourth-order valence-corrected chi connectivity index (χ4v) is 2.10. The number of rotatable bonds is 4. The van der Waals surface area contributed by atoms with Gasteiger partial charge in [-0.3, -0.25) is 4.68 Å². The number of sulfonamides is 1. The maximum Gasteiger partial charge on any atom is 0.238 e. The van der Waals surface area contributed by atoms with Crippen molar-refractivity contribution in [2.24, 2.45) is 12.2 Å². The summed E-state index contributed by atoms with van der Waals surface area (Å²) >= 11 is 0. The third-order valence-electron chi connectivity index (χ3n) is 2.73. The molecule has 0 aliphatic heterocycles. The third-order valence-corrected chi connectivity index (χ3v) is 3.66.